The van der Waals surface area contributed by atoms with Crippen LogP contribution in [0.25, 0.3) is 0 Å². The largest absolute Gasteiger partial charge is 0.444 e. The molecule has 0 unspecified atom stereocenters. The van der Waals surface area contributed by atoms with Crippen molar-refractivity contribution >= 4 is 16.9 Å². The Hall–Kier alpha value is -0.620. The van der Waals surface area contributed by atoms with E-state index in [0.29, 0.717) is 6.04 Å². The van der Waals surface area contributed by atoms with Gasteiger partial charge in [0.25, 0.3) is 0 Å². The standard InChI is InChI=1S/C16H30N2O3S/c1-11(22(5)20)10-17-12-8-13-6-7-14(9-12)18(13)15(19)21-16(2,3)4/h11-14,17H,6-10H2,1-5H3/t11-,13+,14+,22+/m1/s1. The molecule has 0 aliphatic carbocycles. The Balaban J connectivity index is 1.89. The molecule has 0 aromatic heterocycles. The molecule has 0 aromatic rings. The molecule has 2 aliphatic rings. The van der Waals surface area contributed by atoms with Crippen molar-refractivity contribution in [2.24, 2.45) is 0 Å². The highest BCUT2D eigenvalue weighted by Crippen LogP contribution is 2.36. The monoisotopic (exact) mass is 330 g/mol. The molecular formula is C16H30N2O3S. The summed E-state index contributed by atoms with van der Waals surface area (Å²) in [5.74, 6) is 0. The summed E-state index contributed by atoms with van der Waals surface area (Å²) in [5, 5.41) is 3.71. The van der Waals surface area contributed by atoms with Gasteiger partial charge in [0.1, 0.15) is 5.60 Å². The number of rotatable bonds is 4. The number of nitrogens with zero attached hydrogens (tertiary/aromatic N) is 1. The van der Waals surface area contributed by atoms with E-state index in [1.54, 1.807) is 6.26 Å². The van der Waals surface area contributed by atoms with E-state index < -0.39 is 16.4 Å². The highest BCUT2D eigenvalue weighted by atomic mass is 32.2. The number of fused-ring (bicyclic) bond motifs is 2. The fourth-order valence-electron chi connectivity index (χ4n) is 3.41. The van der Waals surface area contributed by atoms with E-state index >= 15 is 0 Å². The van der Waals surface area contributed by atoms with E-state index in [4.69, 9.17) is 4.74 Å². The molecule has 22 heavy (non-hydrogen) atoms. The quantitative estimate of drug-likeness (QED) is 0.859. The molecule has 6 heteroatoms. The minimum absolute atomic E-state index is 0.165. The second-order valence-corrected chi connectivity index (χ2v) is 9.46. The van der Waals surface area contributed by atoms with Crippen LogP contribution in [-0.4, -0.2) is 57.0 Å². The van der Waals surface area contributed by atoms with Gasteiger partial charge >= 0.3 is 6.09 Å². The Kier molecular flexibility index (Phi) is 5.54. The molecule has 2 saturated heterocycles. The van der Waals surface area contributed by atoms with E-state index in [1.165, 1.54) is 0 Å². The molecule has 128 valence electrons. The van der Waals surface area contributed by atoms with E-state index in [1.807, 2.05) is 32.6 Å². The lowest BCUT2D eigenvalue weighted by Gasteiger charge is -2.40. The van der Waals surface area contributed by atoms with Crippen LogP contribution in [0.3, 0.4) is 0 Å². The normalized spacial score (nSPS) is 31.0. The molecule has 2 aliphatic heterocycles. The molecule has 0 radical (unpaired) electrons. The van der Waals surface area contributed by atoms with Crippen LogP contribution in [0.5, 0.6) is 0 Å². The SMILES string of the molecule is C[C@H](CNC1C[C@@H]2CC[C@@H](C1)N2C(=O)OC(C)(C)C)[S@](C)=O. The minimum atomic E-state index is -0.789. The zero-order valence-electron chi connectivity index (χ0n) is 14.4. The predicted octanol–water partition coefficient (Wildman–Crippen LogP) is 2.27. The summed E-state index contributed by atoms with van der Waals surface area (Å²) < 4.78 is 17.0. The number of carbonyl (C=O) groups is 1. The summed E-state index contributed by atoms with van der Waals surface area (Å²) in [4.78, 5) is 14.3. The molecule has 0 spiro atoms. The third-order valence-corrected chi connectivity index (χ3v) is 5.90. The Morgan fingerprint density at radius 3 is 2.32 bits per heavy atom. The van der Waals surface area contributed by atoms with Crippen LogP contribution < -0.4 is 5.32 Å². The van der Waals surface area contributed by atoms with Crippen molar-refractivity contribution in [3.63, 3.8) is 0 Å². The lowest BCUT2D eigenvalue weighted by molar-refractivity contribution is 0.00477. The maximum absolute atomic E-state index is 12.4. The molecule has 5 nitrogen and oxygen atoms in total. The van der Waals surface area contributed by atoms with Gasteiger partial charge in [0, 0.05) is 47.0 Å². The van der Waals surface area contributed by atoms with Crippen molar-refractivity contribution in [3.05, 3.63) is 0 Å². The second-order valence-electron chi connectivity index (χ2n) is 7.66. The maximum Gasteiger partial charge on any atom is 0.410 e. The van der Waals surface area contributed by atoms with E-state index in [0.717, 1.165) is 32.2 Å². The minimum Gasteiger partial charge on any atom is -0.444 e. The van der Waals surface area contributed by atoms with Crippen LogP contribution in [0, 0.1) is 0 Å². The fourth-order valence-corrected chi connectivity index (χ4v) is 3.74. The Morgan fingerprint density at radius 1 is 1.32 bits per heavy atom. The van der Waals surface area contributed by atoms with Gasteiger partial charge in [-0.05, 0) is 53.4 Å². The number of amides is 1. The van der Waals surface area contributed by atoms with Crippen LogP contribution in [-0.2, 0) is 15.5 Å². The zero-order valence-corrected chi connectivity index (χ0v) is 15.2. The Bertz CT molecular complexity index is 422. The molecule has 1 amide bonds. The number of nitrogens with one attached hydrogen (secondary N) is 1. The first-order chi connectivity index (χ1) is 10.2. The maximum atomic E-state index is 12.4. The number of carbonyl (C=O) groups excluding carboxylic acids is 1. The van der Waals surface area contributed by atoms with Gasteiger partial charge in [-0.15, -0.1) is 0 Å². The number of piperidine rings is 1. The zero-order chi connectivity index (χ0) is 16.5. The average Bonchev–Trinajstić information content (AvgIpc) is 2.65. The smallest absolute Gasteiger partial charge is 0.410 e. The molecule has 1 N–H and O–H groups in total. The molecule has 0 aromatic carbocycles. The van der Waals surface area contributed by atoms with Gasteiger partial charge < -0.3 is 15.0 Å². The van der Waals surface area contributed by atoms with Crippen LogP contribution >= 0.6 is 0 Å². The number of hydrogen-bond donors (Lipinski definition) is 1. The average molecular weight is 330 g/mol. The van der Waals surface area contributed by atoms with Crippen molar-refractivity contribution in [2.75, 3.05) is 12.8 Å². The molecule has 2 fully saturated rings. The third kappa shape index (κ3) is 4.44. The summed E-state index contributed by atoms with van der Waals surface area (Å²) in [6, 6.07) is 0.990. The lowest BCUT2D eigenvalue weighted by atomic mass is 9.97. The summed E-state index contributed by atoms with van der Waals surface area (Å²) in [6.07, 6.45) is 5.66. The predicted molar refractivity (Wildman–Crippen MR) is 89.4 cm³/mol. The lowest BCUT2D eigenvalue weighted by Crippen LogP contribution is -2.53. The van der Waals surface area contributed by atoms with Gasteiger partial charge in [-0.1, -0.05) is 0 Å². The molecule has 2 rings (SSSR count). The van der Waals surface area contributed by atoms with Crippen molar-refractivity contribution in [1.29, 1.82) is 0 Å². The van der Waals surface area contributed by atoms with Crippen molar-refractivity contribution in [1.82, 2.24) is 10.2 Å². The molecular weight excluding hydrogens is 300 g/mol. The molecule has 2 bridgehead atoms. The molecule has 2 heterocycles. The highest BCUT2D eigenvalue weighted by molar-refractivity contribution is 7.84. The Morgan fingerprint density at radius 2 is 1.86 bits per heavy atom. The summed E-state index contributed by atoms with van der Waals surface area (Å²) in [6.45, 7) is 8.52. The number of ether oxygens (including phenoxy) is 1. The van der Waals surface area contributed by atoms with Crippen LogP contribution in [0.2, 0.25) is 0 Å². The van der Waals surface area contributed by atoms with E-state index in [9.17, 15) is 9.00 Å². The van der Waals surface area contributed by atoms with Gasteiger partial charge in [0.15, 0.2) is 0 Å². The fraction of sp³-hybridized carbons (Fsp3) is 0.938. The highest BCUT2D eigenvalue weighted by Gasteiger charge is 2.44. The van der Waals surface area contributed by atoms with Crippen LogP contribution in [0.4, 0.5) is 4.79 Å². The van der Waals surface area contributed by atoms with Crippen molar-refractivity contribution < 1.29 is 13.7 Å². The van der Waals surface area contributed by atoms with Gasteiger partial charge in [0.05, 0.1) is 0 Å². The second kappa shape index (κ2) is 6.87. The van der Waals surface area contributed by atoms with Crippen molar-refractivity contribution in [2.45, 2.75) is 82.4 Å². The first-order valence-electron chi connectivity index (χ1n) is 8.24. The Labute approximate surface area is 136 Å². The van der Waals surface area contributed by atoms with Crippen LogP contribution in [0.15, 0.2) is 0 Å². The number of hydrogen-bond acceptors (Lipinski definition) is 4. The summed E-state index contributed by atoms with van der Waals surface area (Å²) in [5.41, 5.74) is -0.438. The van der Waals surface area contributed by atoms with Crippen molar-refractivity contribution in [3.8, 4) is 0 Å². The van der Waals surface area contributed by atoms with Gasteiger partial charge in [-0.2, -0.15) is 0 Å². The van der Waals surface area contributed by atoms with Gasteiger partial charge in [-0.3, -0.25) is 4.21 Å². The summed E-state index contributed by atoms with van der Waals surface area (Å²) >= 11 is 0. The van der Waals surface area contributed by atoms with E-state index in [2.05, 4.69) is 5.32 Å². The summed E-state index contributed by atoms with van der Waals surface area (Å²) in [7, 11) is -0.789. The molecule has 0 saturated carbocycles. The molecule has 4 atom stereocenters. The first-order valence-corrected chi connectivity index (χ1v) is 9.86. The van der Waals surface area contributed by atoms with Gasteiger partial charge in [-0.25, -0.2) is 4.79 Å². The third-order valence-electron chi connectivity index (χ3n) is 4.60. The van der Waals surface area contributed by atoms with Crippen LogP contribution in [0.1, 0.15) is 53.4 Å². The first kappa shape index (κ1) is 17.7. The van der Waals surface area contributed by atoms with Gasteiger partial charge in [0.2, 0.25) is 0 Å². The topological polar surface area (TPSA) is 58.6 Å². The van der Waals surface area contributed by atoms with E-state index in [-0.39, 0.29) is 23.4 Å².